The number of carboxylic acids is 1. The molecule has 1 atom stereocenters. The summed E-state index contributed by atoms with van der Waals surface area (Å²) in [4.78, 5) is 22.0. The largest absolute Gasteiger partial charge is 0.479 e. The maximum Gasteiger partial charge on any atom is 0.337 e. The summed E-state index contributed by atoms with van der Waals surface area (Å²) in [5, 5.41) is 20.2. The summed E-state index contributed by atoms with van der Waals surface area (Å²) in [6.07, 6.45) is -0.243. The molecule has 0 bridgehead atoms. The predicted octanol–water partition coefficient (Wildman–Crippen LogP) is 0.459. The zero-order valence-corrected chi connectivity index (χ0v) is 10.1. The number of nitrogens with one attached hydrogen (secondary N) is 1. The summed E-state index contributed by atoms with van der Waals surface area (Å²) in [7, 11) is 0. The summed E-state index contributed by atoms with van der Waals surface area (Å²) in [6, 6.07) is 3.02. The van der Waals surface area contributed by atoms with Crippen molar-refractivity contribution in [2.45, 2.75) is 18.9 Å². The Morgan fingerprint density at radius 3 is 2.47 bits per heavy atom. The second-order valence-electron chi connectivity index (χ2n) is 4.28. The lowest BCUT2D eigenvalue weighted by Gasteiger charge is -2.18. The topological polar surface area (TPSA) is 86.6 Å². The minimum atomic E-state index is -2.08. The lowest BCUT2D eigenvalue weighted by Crippen LogP contribution is -2.46. The van der Waals surface area contributed by atoms with Gasteiger partial charge in [0.25, 0.3) is 0 Å². The standard InChI is InChI=1S/C12H13F2NO4/c1-12(19,11(17)18)6-15-10(16)5-7-2-3-8(13)9(14)4-7/h2-4,19H,5-6H2,1H3,(H,15,16)(H,17,18). The minimum absolute atomic E-state index is 0.242. The average Bonchev–Trinajstić information content (AvgIpc) is 2.31. The van der Waals surface area contributed by atoms with Gasteiger partial charge < -0.3 is 15.5 Å². The number of benzene rings is 1. The first-order chi connectivity index (χ1) is 8.72. The summed E-state index contributed by atoms with van der Waals surface area (Å²) in [5.41, 5.74) is -1.84. The van der Waals surface area contributed by atoms with Crippen molar-refractivity contribution in [2.75, 3.05) is 6.54 Å². The molecule has 1 unspecified atom stereocenters. The number of hydrogen-bond donors (Lipinski definition) is 3. The van der Waals surface area contributed by atoms with E-state index in [0.29, 0.717) is 0 Å². The molecule has 0 aliphatic rings. The van der Waals surface area contributed by atoms with Crippen LogP contribution in [0, 0.1) is 11.6 Å². The first-order valence-electron chi connectivity index (χ1n) is 5.39. The molecule has 0 saturated heterocycles. The lowest BCUT2D eigenvalue weighted by atomic mass is 10.1. The van der Waals surface area contributed by atoms with Crippen LogP contribution in [0.2, 0.25) is 0 Å². The van der Waals surface area contributed by atoms with Crippen LogP contribution in [0.3, 0.4) is 0 Å². The molecule has 1 amide bonds. The molecular weight excluding hydrogens is 260 g/mol. The van der Waals surface area contributed by atoms with Crippen LogP contribution in [-0.4, -0.2) is 34.2 Å². The maximum absolute atomic E-state index is 12.9. The van der Waals surface area contributed by atoms with Crippen molar-refractivity contribution in [3.63, 3.8) is 0 Å². The fourth-order valence-electron chi connectivity index (χ4n) is 1.24. The van der Waals surface area contributed by atoms with Crippen LogP contribution < -0.4 is 5.32 Å². The normalized spacial score (nSPS) is 13.7. The molecule has 19 heavy (non-hydrogen) atoms. The molecule has 0 heterocycles. The average molecular weight is 273 g/mol. The highest BCUT2D eigenvalue weighted by molar-refractivity contribution is 5.81. The third-order valence-electron chi connectivity index (χ3n) is 2.44. The van der Waals surface area contributed by atoms with E-state index in [9.17, 15) is 23.5 Å². The number of halogens is 2. The SMILES string of the molecule is CC(O)(CNC(=O)Cc1ccc(F)c(F)c1)C(=O)O. The highest BCUT2D eigenvalue weighted by Crippen LogP contribution is 2.09. The van der Waals surface area contributed by atoms with E-state index >= 15 is 0 Å². The van der Waals surface area contributed by atoms with Gasteiger partial charge >= 0.3 is 5.97 Å². The second kappa shape index (κ2) is 5.75. The highest BCUT2D eigenvalue weighted by atomic mass is 19.2. The number of aliphatic hydroxyl groups is 1. The second-order valence-corrected chi connectivity index (χ2v) is 4.28. The van der Waals surface area contributed by atoms with Gasteiger partial charge in [-0.25, -0.2) is 13.6 Å². The Balaban J connectivity index is 2.56. The molecule has 0 fully saturated rings. The summed E-state index contributed by atoms with van der Waals surface area (Å²) < 4.78 is 25.5. The van der Waals surface area contributed by atoms with E-state index in [1.807, 2.05) is 0 Å². The number of amides is 1. The fraction of sp³-hybridized carbons (Fsp3) is 0.333. The van der Waals surface area contributed by atoms with Crippen molar-refractivity contribution in [1.82, 2.24) is 5.32 Å². The highest BCUT2D eigenvalue weighted by Gasteiger charge is 2.30. The van der Waals surface area contributed by atoms with Crippen LogP contribution in [0.5, 0.6) is 0 Å². The van der Waals surface area contributed by atoms with Crippen molar-refractivity contribution in [3.8, 4) is 0 Å². The van der Waals surface area contributed by atoms with E-state index in [1.54, 1.807) is 0 Å². The predicted molar refractivity (Wildman–Crippen MR) is 61.3 cm³/mol. The van der Waals surface area contributed by atoms with Gasteiger partial charge in [0.05, 0.1) is 13.0 Å². The van der Waals surface area contributed by atoms with Gasteiger partial charge in [-0.15, -0.1) is 0 Å². The van der Waals surface area contributed by atoms with Crippen molar-refractivity contribution in [2.24, 2.45) is 0 Å². The Hall–Kier alpha value is -2.02. The fourth-order valence-corrected chi connectivity index (χ4v) is 1.24. The van der Waals surface area contributed by atoms with E-state index in [1.165, 1.54) is 6.07 Å². The summed E-state index contributed by atoms with van der Waals surface area (Å²) >= 11 is 0. The van der Waals surface area contributed by atoms with E-state index < -0.39 is 35.7 Å². The van der Waals surface area contributed by atoms with Crippen LogP contribution in [-0.2, 0) is 16.0 Å². The Morgan fingerprint density at radius 2 is 1.95 bits per heavy atom. The number of carbonyl (C=O) groups excluding carboxylic acids is 1. The van der Waals surface area contributed by atoms with Gasteiger partial charge in [-0.2, -0.15) is 0 Å². The van der Waals surface area contributed by atoms with E-state index in [0.717, 1.165) is 19.1 Å². The van der Waals surface area contributed by atoms with Crippen LogP contribution in [0.15, 0.2) is 18.2 Å². The Bertz CT molecular complexity index is 503. The lowest BCUT2D eigenvalue weighted by molar-refractivity contribution is -0.156. The number of hydrogen-bond acceptors (Lipinski definition) is 3. The van der Waals surface area contributed by atoms with Crippen LogP contribution >= 0.6 is 0 Å². The Kier molecular flexibility index (Phi) is 4.55. The number of rotatable bonds is 5. The zero-order chi connectivity index (χ0) is 14.6. The summed E-state index contributed by atoms with van der Waals surface area (Å²) in [6.45, 7) is 0.554. The molecule has 0 radical (unpaired) electrons. The van der Waals surface area contributed by atoms with E-state index in [4.69, 9.17) is 5.11 Å². The molecule has 1 aromatic rings. The van der Waals surface area contributed by atoms with Crippen LogP contribution in [0.4, 0.5) is 8.78 Å². The van der Waals surface area contributed by atoms with E-state index in [2.05, 4.69) is 5.32 Å². The van der Waals surface area contributed by atoms with Gasteiger partial charge in [0, 0.05) is 0 Å². The number of aliphatic carboxylic acids is 1. The third-order valence-corrected chi connectivity index (χ3v) is 2.44. The number of carboxylic acid groups (broad SMARTS) is 1. The Morgan fingerprint density at radius 1 is 1.32 bits per heavy atom. The third kappa shape index (κ3) is 4.29. The molecule has 0 aromatic heterocycles. The van der Waals surface area contributed by atoms with Crippen molar-refractivity contribution in [1.29, 1.82) is 0 Å². The number of carbonyl (C=O) groups is 2. The Labute approximate surface area is 107 Å². The molecule has 7 heteroatoms. The summed E-state index contributed by atoms with van der Waals surface area (Å²) in [5.74, 6) is -4.16. The van der Waals surface area contributed by atoms with Crippen molar-refractivity contribution in [3.05, 3.63) is 35.4 Å². The maximum atomic E-state index is 12.9. The van der Waals surface area contributed by atoms with Gasteiger partial charge in [0.15, 0.2) is 17.2 Å². The van der Waals surface area contributed by atoms with E-state index in [-0.39, 0.29) is 12.0 Å². The van der Waals surface area contributed by atoms with Gasteiger partial charge in [0.1, 0.15) is 0 Å². The smallest absolute Gasteiger partial charge is 0.337 e. The zero-order valence-electron chi connectivity index (χ0n) is 10.1. The molecule has 1 aromatic carbocycles. The van der Waals surface area contributed by atoms with Crippen LogP contribution in [0.25, 0.3) is 0 Å². The first-order valence-corrected chi connectivity index (χ1v) is 5.39. The first kappa shape index (κ1) is 15.0. The van der Waals surface area contributed by atoms with Gasteiger partial charge in [-0.1, -0.05) is 6.07 Å². The quantitative estimate of drug-likeness (QED) is 0.727. The molecular formula is C12H13F2NO4. The monoisotopic (exact) mass is 273 g/mol. The minimum Gasteiger partial charge on any atom is -0.479 e. The van der Waals surface area contributed by atoms with Crippen LogP contribution in [0.1, 0.15) is 12.5 Å². The van der Waals surface area contributed by atoms with Gasteiger partial charge in [0.2, 0.25) is 5.91 Å². The molecule has 0 spiro atoms. The molecule has 0 aliphatic carbocycles. The van der Waals surface area contributed by atoms with Crippen molar-refractivity contribution >= 4 is 11.9 Å². The van der Waals surface area contributed by atoms with Gasteiger partial charge in [-0.3, -0.25) is 4.79 Å². The molecule has 1 rings (SSSR count). The molecule has 5 nitrogen and oxygen atoms in total. The molecule has 104 valence electrons. The van der Waals surface area contributed by atoms with Crippen molar-refractivity contribution < 1.29 is 28.6 Å². The molecule has 3 N–H and O–H groups in total. The molecule has 0 aliphatic heterocycles. The van der Waals surface area contributed by atoms with Gasteiger partial charge in [-0.05, 0) is 24.6 Å². The molecule has 0 saturated carbocycles.